The van der Waals surface area contributed by atoms with Crippen LogP contribution in [-0.4, -0.2) is 47.8 Å². The van der Waals surface area contributed by atoms with Gasteiger partial charge in [-0.05, 0) is 51.3 Å². The highest BCUT2D eigenvalue weighted by Crippen LogP contribution is 2.31. The molecular formula is C27H38N4O6. The van der Waals surface area contributed by atoms with E-state index in [0.717, 1.165) is 0 Å². The number of aromatic amines is 1. The van der Waals surface area contributed by atoms with Crippen molar-refractivity contribution < 1.29 is 28.7 Å². The Hall–Kier alpha value is -3.69. The first-order valence-corrected chi connectivity index (χ1v) is 12.5. The van der Waals surface area contributed by atoms with E-state index in [1.807, 2.05) is 6.92 Å². The van der Waals surface area contributed by atoms with Crippen molar-refractivity contribution in [1.29, 1.82) is 0 Å². The Balaban J connectivity index is 2.63. The summed E-state index contributed by atoms with van der Waals surface area (Å²) in [5, 5.41) is 5.53. The number of H-pyrrole nitrogens is 1. The van der Waals surface area contributed by atoms with Crippen LogP contribution < -0.4 is 10.6 Å². The van der Waals surface area contributed by atoms with E-state index in [-0.39, 0.29) is 53.7 Å². The largest absolute Gasteiger partial charge is 0.462 e. The van der Waals surface area contributed by atoms with E-state index in [0.29, 0.717) is 28.9 Å². The third kappa shape index (κ3) is 6.75. The first kappa shape index (κ1) is 29.5. The van der Waals surface area contributed by atoms with E-state index in [9.17, 15) is 19.2 Å². The van der Waals surface area contributed by atoms with Crippen molar-refractivity contribution in [3.05, 3.63) is 33.7 Å². The van der Waals surface area contributed by atoms with E-state index >= 15 is 0 Å². The van der Waals surface area contributed by atoms with Crippen LogP contribution >= 0.6 is 0 Å². The van der Waals surface area contributed by atoms with E-state index in [2.05, 4.69) is 20.6 Å². The van der Waals surface area contributed by atoms with Crippen molar-refractivity contribution in [3.8, 4) is 0 Å². The van der Waals surface area contributed by atoms with Gasteiger partial charge in [0.15, 0.2) is 0 Å². The van der Waals surface area contributed by atoms with Crippen LogP contribution in [0.25, 0.3) is 6.08 Å². The molecule has 1 atom stereocenters. The molecule has 10 heteroatoms. The second-order valence-corrected chi connectivity index (χ2v) is 9.85. The first-order chi connectivity index (χ1) is 17.3. The van der Waals surface area contributed by atoms with Crippen molar-refractivity contribution in [2.75, 3.05) is 18.5 Å². The van der Waals surface area contributed by atoms with Crippen LogP contribution in [0, 0.1) is 18.3 Å². The van der Waals surface area contributed by atoms with Crippen molar-refractivity contribution in [3.63, 3.8) is 0 Å². The van der Waals surface area contributed by atoms with Gasteiger partial charge in [0.1, 0.15) is 22.8 Å². The Morgan fingerprint density at radius 3 is 2.14 bits per heavy atom. The zero-order chi connectivity index (χ0) is 28.1. The molecule has 1 aliphatic heterocycles. The Morgan fingerprint density at radius 1 is 1.00 bits per heavy atom. The summed E-state index contributed by atoms with van der Waals surface area (Å²) >= 11 is 0. The van der Waals surface area contributed by atoms with Crippen LogP contribution in [0.15, 0.2) is 21.8 Å². The number of esters is 2. The molecule has 0 fully saturated rings. The highest BCUT2D eigenvalue weighted by molar-refractivity contribution is 6.25. The van der Waals surface area contributed by atoms with Crippen LogP contribution in [0.1, 0.15) is 83.4 Å². The number of aliphatic imine (C=N–C) groups is 1. The maximum atomic E-state index is 12.7. The summed E-state index contributed by atoms with van der Waals surface area (Å²) in [7, 11) is 0. The minimum absolute atomic E-state index is 0.0993. The molecule has 0 spiro atoms. The summed E-state index contributed by atoms with van der Waals surface area (Å²) < 4.78 is 10.4. The number of allylic oxidation sites excluding steroid dienone is 1. The number of carbonyl (C=O) groups is 4. The van der Waals surface area contributed by atoms with E-state index in [4.69, 9.17) is 9.47 Å². The minimum Gasteiger partial charge on any atom is -0.462 e. The average Bonchev–Trinajstić information content (AvgIpc) is 3.28. The summed E-state index contributed by atoms with van der Waals surface area (Å²) in [6.07, 6.45) is 2.29. The highest BCUT2D eigenvalue weighted by Gasteiger charge is 2.32. The number of hydrogen-bond acceptors (Lipinski definition) is 7. The molecule has 10 nitrogen and oxygen atoms in total. The molecule has 2 amide bonds. The third-order valence-corrected chi connectivity index (χ3v) is 5.98. The second kappa shape index (κ2) is 12.0. The van der Waals surface area contributed by atoms with Crippen molar-refractivity contribution in [2.45, 2.75) is 68.7 Å². The van der Waals surface area contributed by atoms with Crippen LogP contribution in [0.5, 0.6) is 0 Å². The molecule has 2 rings (SSSR count). The molecule has 2 heterocycles. The van der Waals surface area contributed by atoms with Gasteiger partial charge in [-0.1, -0.05) is 34.6 Å². The van der Waals surface area contributed by atoms with Crippen LogP contribution in [-0.2, 0) is 23.9 Å². The van der Waals surface area contributed by atoms with E-state index in [1.54, 1.807) is 61.5 Å². The Kier molecular flexibility index (Phi) is 9.61. The molecule has 1 aromatic heterocycles. The Labute approximate surface area is 218 Å². The van der Waals surface area contributed by atoms with Gasteiger partial charge in [0, 0.05) is 17.0 Å². The Morgan fingerprint density at radius 2 is 1.59 bits per heavy atom. The molecule has 0 radical (unpaired) electrons. The van der Waals surface area contributed by atoms with E-state index in [1.165, 1.54) is 0 Å². The summed E-state index contributed by atoms with van der Waals surface area (Å²) in [6, 6.07) is 0. The number of rotatable bonds is 8. The normalized spacial score (nSPS) is 15.4. The summed E-state index contributed by atoms with van der Waals surface area (Å²) in [6.45, 7) is 16.1. The predicted octanol–water partition coefficient (Wildman–Crippen LogP) is 4.28. The SMILES string of the molecule is CCOC(=O)C1=C(C)C(=Cc2[nH]c(NC(=O)C(C)CC)c(C(=O)OCC)c2C)N=C1NC(=O)C(C)(C)C. The zero-order valence-corrected chi connectivity index (χ0v) is 23.2. The maximum Gasteiger partial charge on any atom is 0.342 e. The lowest BCUT2D eigenvalue weighted by Crippen LogP contribution is -2.40. The summed E-state index contributed by atoms with van der Waals surface area (Å²) in [5.74, 6) is -1.66. The molecule has 37 heavy (non-hydrogen) atoms. The number of nitrogens with one attached hydrogen (secondary N) is 3. The van der Waals surface area contributed by atoms with Gasteiger partial charge >= 0.3 is 11.9 Å². The fraction of sp³-hybridized carbons (Fsp3) is 0.519. The number of amides is 2. The van der Waals surface area contributed by atoms with Crippen LogP contribution in [0.2, 0.25) is 0 Å². The van der Waals surface area contributed by atoms with Gasteiger partial charge in [-0.25, -0.2) is 14.6 Å². The molecule has 0 aromatic carbocycles. The molecule has 1 aromatic rings. The van der Waals surface area contributed by atoms with Gasteiger partial charge in [0.2, 0.25) is 11.8 Å². The Bertz CT molecular complexity index is 1180. The van der Waals surface area contributed by atoms with Crippen LogP contribution in [0.3, 0.4) is 0 Å². The van der Waals surface area contributed by atoms with Gasteiger partial charge in [-0.3, -0.25) is 9.59 Å². The predicted molar refractivity (Wildman–Crippen MR) is 142 cm³/mol. The highest BCUT2D eigenvalue weighted by atomic mass is 16.5. The summed E-state index contributed by atoms with van der Waals surface area (Å²) in [4.78, 5) is 58.3. The molecule has 0 aliphatic carbocycles. The first-order valence-electron chi connectivity index (χ1n) is 12.5. The second-order valence-electron chi connectivity index (χ2n) is 9.85. The standard InChI is InChI=1S/C27H38N4O6/c1-10-14(4)23(32)30-21-19(24(33)36-11-2)15(5)17(28-21)13-18-16(6)20(25(34)37-12-3)22(29-18)31-26(35)27(7,8)9/h13-14,28H,10-12H2,1-9H3,(H,30,32)(H,29,31,35). The third-order valence-electron chi connectivity index (χ3n) is 5.98. The number of hydrogen-bond donors (Lipinski definition) is 3. The number of nitrogens with zero attached hydrogens (tertiary/aromatic N) is 1. The van der Waals surface area contributed by atoms with Crippen LogP contribution in [0.4, 0.5) is 5.82 Å². The maximum absolute atomic E-state index is 12.7. The van der Waals surface area contributed by atoms with Gasteiger partial charge in [0.05, 0.1) is 18.9 Å². The lowest BCUT2D eigenvalue weighted by Gasteiger charge is -2.18. The fourth-order valence-electron chi connectivity index (χ4n) is 3.42. The van der Waals surface area contributed by atoms with Crippen molar-refractivity contribution >= 4 is 41.5 Å². The molecule has 0 saturated carbocycles. The lowest BCUT2D eigenvalue weighted by atomic mass is 9.95. The monoisotopic (exact) mass is 514 g/mol. The molecular weight excluding hydrogens is 476 g/mol. The van der Waals surface area contributed by atoms with Crippen molar-refractivity contribution in [1.82, 2.24) is 10.3 Å². The molecule has 1 aliphatic rings. The van der Waals surface area contributed by atoms with E-state index < -0.39 is 17.4 Å². The number of carbonyl (C=O) groups excluding carboxylic acids is 4. The molecule has 1 unspecified atom stereocenters. The zero-order valence-electron chi connectivity index (χ0n) is 23.2. The quantitative estimate of drug-likeness (QED) is 0.443. The van der Waals surface area contributed by atoms with Gasteiger partial charge in [0.25, 0.3) is 0 Å². The number of amidine groups is 1. The summed E-state index contributed by atoms with van der Waals surface area (Å²) in [5.41, 5.74) is 1.58. The van der Waals surface area contributed by atoms with Crippen molar-refractivity contribution in [2.24, 2.45) is 16.3 Å². The lowest BCUT2D eigenvalue weighted by molar-refractivity contribution is -0.137. The molecule has 0 bridgehead atoms. The number of anilines is 1. The topological polar surface area (TPSA) is 139 Å². The molecule has 3 N–H and O–H groups in total. The van der Waals surface area contributed by atoms with Gasteiger partial charge in [-0.15, -0.1) is 0 Å². The van der Waals surface area contributed by atoms with Gasteiger partial charge < -0.3 is 25.1 Å². The molecule has 202 valence electrons. The number of aromatic nitrogens is 1. The number of ether oxygens (including phenoxy) is 2. The minimum atomic E-state index is -0.712. The fourth-order valence-corrected chi connectivity index (χ4v) is 3.42. The molecule has 0 saturated heterocycles. The smallest absolute Gasteiger partial charge is 0.342 e. The van der Waals surface area contributed by atoms with Gasteiger partial charge in [-0.2, -0.15) is 0 Å². The average molecular weight is 515 g/mol.